The maximum absolute atomic E-state index is 12.8. The summed E-state index contributed by atoms with van der Waals surface area (Å²) in [5, 5.41) is 3.75. The van der Waals surface area contributed by atoms with E-state index in [1.165, 1.54) is 24.3 Å². The number of halogens is 1. The zero-order chi connectivity index (χ0) is 14.7. The van der Waals surface area contributed by atoms with E-state index >= 15 is 0 Å². The van der Waals surface area contributed by atoms with Crippen LogP contribution in [0.5, 0.6) is 0 Å². The summed E-state index contributed by atoms with van der Waals surface area (Å²) >= 11 is 0. The van der Waals surface area contributed by atoms with Crippen molar-refractivity contribution in [2.75, 3.05) is 5.32 Å². The third-order valence-corrected chi connectivity index (χ3v) is 3.20. The number of fused-ring (bicyclic) bond motifs is 1. The second kappa shape index (κ2) is 5.71. The standard InChI is InChI=1S/C17H13FN2O/c18-14-6-8-15(9-7-14)20-16(21)11-13-4-1-3-12-5-2-10-19-17(12)13/h1-10H,11H2,(H,20,21). The van der Waals surface area contributed by atoms with E-state index in [9.17, 15) is 9.18 Å². The van der Waals surface area contributed by atoms with Crippen molar-refractivity contribution in [3.8, 4) is 0 Å². The number of aromatic nitrogens is 1. The number of hydrogen-bond donors (Lipinski definition) is 1. The van der Waals surface area contributed by atoms with Crippen LogP contribution in [0.2, 0.25) is 0 Å². The molecule has 3 aromatic rings. The number of para-hydroxylation sites is 1. The molecule has 1 N–H and O–H groups in total. The Kier molecular flexibility index (Phi) is 3.60. The Labute approximate surface area is 121 Å². The third kappa shape index (κ3) is 3.05. The highest BCUT2D eigenvalue weighted by atomic mass is 19.1. The molecular formula is C17H13FN2O. The number of pyridine rings is 1. The van der Waals surface area contributed by atoms with Gasteiger partial charge in [0.15, 0.2) is 0 Å². The molecule has 0 radical (unpaired) electrons. The molecule has 3 nitrogen and oxygen atoms in total. The van der Waals surface area contributed by atoms with Crippen molar-refractivity contribution in [3.63, 3.8) is 0 Å². The van der Waals surface area contributed by atoms with Gasteiger partial charge < -0.3 is 5.32 Å². The van der Waals surface area contributed by atoms with E-state index in [0.29, 0.717) is 5.69 Å². The van der Waals surface area contributed by atoms with E-state index in [4.69, 9.17) is 0 Å². The minimum absolute atomic E-state index is 0.153. The van der Waals surface area contributed by atoms with Crippen LogP contribution >= 0.6 is 0 Å². The number of benzene rings is 2. The largest absolute Gasteiger partial charge is 0.326 e. The van der Waals surface area contributed by atoms with Crippen LogP contribution in [0.1, 0.15) is 5.56 Å². The lowest BCUT2D eigenvalue weighted by Crippen LogP contribution is -2.14. The van der Waals surface area contributed by atoms with Crippen LogP contribution in [-0.4, -0.2) is 10.9 Å². The van der Waals surface area contributed by atoms with Crippen LogP contribution in [0.3, 0.4) is 0 Å². The van der Waals surface area contributed by atoms with Gasteiger partial charge in [-0.2, -0.15) is 0 Å². The van der Waals surface area contributed by atoms with Gasteiger partial charge in [-0.25, -0.2) is 4.39 Å². The molecule has 0 spiro atoms. The van der Waals surface area contributed by atoms with Crippen molar-refractivity contribution in [2.24, 2.45) is 0 Å². The number of carbonyl (C=O) groups is 1. The van der Waals surface area contributed by atoms with Gasteiger partial charge in [-0.05, 0) is 35.9 Å². The number of nitrogens with zero attached hydrogens (tertiary/aromatic N) is 1. The lowest BCUT2D eigenvalue weighted by Gasteiger charge is -2.07. The Morgan fingerprint density at radius 1 is 1.05 bits per heavy atom. The quantitative estimate of drug-likeness (QED) is 0.797. The highest BCUT2D eigenvalue weighted by molar-refractivity contribution is 5.95. The second-order valence-electron chi connectivity index (χ2n) is 4.72. The van der Waals surface area contributed by atoms with Crippen LogP contribution in [0.15, 0.2) is 60.8 Å². The van der Waals surface area contributed by atoms with Gasteiger partial charge in [-0.15, -0.1) is 0 Å². The van der Waals surface area contributed by atoms with Crippen LogP contribution < -0.4 is 5.32 Å². The molecule has 104 valence electrons. The van der Waals surface area contributed by atoms with E-state index in [0.717, 1.165) is 16.5 Å². The summed E-state index contributed by atoms with van der Waals surface area (Å²) in [4.78, 5) is 16.4. The average molecular weight is 280 g/mol. The normalized spacial score (nSPS) is 10.5. The lowest BCUT2D eigenvalue weighted by atomic mass is 10.1. The zero-order valence-corrected chi connectivity index (χ0v) is 11.2. The summed E-state index contributed by atoms with van der Waals surface area (Å²) in [6, 6.07) is 15.3. The summed E-state index contributed by atoms with van der Waals surface area (Å²) in [6.07, 6.45) is 1.94. The first-order valence-electron chi connectivity index (χ1n) is 6.60. The molecule has 0 saturated carbocycles. The van der Waals surface area contributed by atoms with Crippen LogP contribution in [-0.2, 0) is 11.2 Å². The molecule has 3 rings (SSSR count). The van der Waals surface area contributed by atoms with Crippen LogP contribution in [0.4, 0.5) is 10.1 Å². The van der Waals surface area contributed by atoms with E-state index in [1.807, 2.05) is 30.3 Å². The smallest absolute Gasteiger partial charge is 0.228 e. The summed E-state index contributed by atoms with van der Waals surface area (Å²) in [6.45, 7) is 0. The molecule has 21 heavy (non-hydrogen) atoms. The second-order valence-corrected chi connectivity index (χ2v) is 4.72. The molecular weight excluding hydrogens is 267 g/mol. The summed E-state index contributed by atoms with van der Waals surface area (Å²) < 4.78 is 12.8. The molecule has 0 unspecified atom stereocenters. The molecule has 0 fully saturated rings. The Morgan fingerprint density at radius 2 is 1.81 bits per heavy atom. The number of rotatable bonds is 3. The number of anilines is 1. The molecule has 0 bridgehead atoms. The predicted octanol–water partition coefficient (Wildman–Crippen LogP) is 3.56. The monoisotopic (exact) mass is 280 g/mol. The topological polar surface area (TPSA) is 42.0 Å². The minimum Gasteiger partial charge on any atom is -0.326 e. The molecule has 1 heterocycles. The van der Waals surface area contributed by atoms with Crippen LogP contribution in [0, 0.1) is 5.82 Å². The lowest BCUT2D eigenvalue weighted by molar-refractivity contribution is -0.115. The Balaban J connectivity index is 1.79. The first-order valence-corrected chi connectivity index (χ1v) is 6.60. The summed E-state index contributed by atoms with van der Waals surface area (Å²) in [5.74, 6) is -0.481. The van der Waals surface area contributed by atoms with Gasteiger partial charge in [0.2, 0.25) is 5.91 Å². The van der Waals surface area contributed by atoms with Gasteiger partial charge in [0.05, 0.1) is 11.9 Å². The minimum atomic E-state index is -0.328. The van der Waals surface area contributed by atoms with Gasteiger partial charge in [-0.3, -0.25) is 9.78 Å². The number of hydrogen-bond acceptors (Lipinski definition) is 2. The summed E-state index contributed by atoms with van der Waals surface area (Å²) in [7, 11) is 0. The van der Waals surface area contributed by atoms with E-state index < -0.39 is 0 Å². The maximum Gasteiger partial charge on any atom is 0.228 e. The molecule has 0 aliphatic rings. The number of carbonyl (C=O) groups excluding carboxylic acids is 1. The fourth-order valence-electron chi connectivity index (χ4n) is 2.22. The van der Waals surface area contributed by atoms with Gasteiger partial charge in [0, 0.05) is 17.3 Å². The van der Waals surface area contributed by atoms with Crippen molar-refractivity contribution < 1.29 is 9.18 Å². The van der Waals surface area contributed by atoms with Crippen molar-refractivity contribution in [3.05, 3.63) is 72.2 Å². The molecule has 4 heteroatoms. The maximum atomic E-state index is 12.8. The fourth-order valence-corrected chi connectivity index (χ4v) is 2.22. The molecule has 0 atom stereocenters. The number of nitrogens with one attached hydrogen (secondary N) is 1. The van der Waals surface area contributed by atoms with Crippen molar-refractivity contribution in [1.82, 2.24) is 4.98 Å². The average Bonchev–Trinajstić information content (AvgIpc) is 2.50. The van der Waals surface area contributed by atoms with Gasteiger partial charge in [0.25, 0.3) is 0 Å². The van der Waals surface area contributed by atoms with E-state index in [1.54, 1.807) is 6.20 Å². The SMILES string of the molecule is O=C(Cc1cccc2cccnc12)Nc1ccc(F)cc1. The molecule has 0 saturated heterocycles. The first-order chi connectivity index (χ1) is 10.2. The molecule has 1 aromatic heterocycles. The predicted molar refractivity (Wildman–Crippen MR) is 80.5 cm³/mol. The van der Waals surface area contributed by atoms with E-state index in [2.05, 4.69) is 10.3 Å². The Bertz CT molecular complexity index is 779. The highest BCUT2D eigenvalue weighted by Gasteiger charge is 2.08. The summed E-state index contributed by atoms with van der Waals surface area (Å²) in [5.41, 5.74) is 2.27. The van der Waals surface area contributed by atoms with Crippen molar-refractivity contribution in [2.45, 2.75) is 6.42 Å². The zero-order valence-electron chi connectivity index (χ0n) is 11.2. The molecule has 1 amide bonds. The third-order valence-electron chi connectivity index (χ3n) is 3.20. The van der Waals surface area contributed by atoms with E-state index in [-0.39, 0.29) is 18.1 Å². The highest BCUT2D eigenvalue weighted by Crippen LogP contribution is 2.17. The van der Waals surface area contributed by atoms with Gasteiger partial charge >= 0.3 is 0 Å². The first kappa shape index (κ1) is 13.2. The number of amides is 1. The fraction of sp³-hybridized carbons (Fsp3) is 0.0588. The molecule has 2 aromatic carbocycles. The molecule has 0 aliphatic carbocycles. The Hall–Kier alpha value is -2.75. The van der Waals surface area contributed by atoms with Gasteiger partial charge in [0.1, 0.15) is 5.82 Å². The van der Waals surface area contributed by atoms with Crippen LogP contribution in [0.25, 0.3) is 10.9 Å². The van der Waals surface area contributed by atoms with Crippen molar-refractivity contribution in [1.29, 1.82) is 0 Å². The Morgan fingerprint density at radius 3 is 2.62 bits per heavy atom. The van der Waals surface area contributed by atoms with Crippen molar-refractivity contribution >= 4 is 22.5 Å². The van der Waals surface area contributed by atoms with Gasteiger partial charge in [-0.1, -0.05) is 24.3 Å². The molecule has 0 aliphatic heterocycles.